The third-order valence-electron chi connectivity index (χ3n) is 3.71. The van der Waals surface area contributed by atoms with Gasteiger partial charge in [-0.2, -0.15) is 0 Å². The van der Waals surface area contributed by atoms with Gasteiger partial charge >= 0.3 is 0 Å². The van der Waals surface area contributed by atoms with Gasteiger partial charge in [-0.1, -0.05) is 13.8 Å². The quantitative estimate of drug-likeness (QED) is 0.542. The first-order valence-electron chi connectivity index (χ1n) is 4.30. The number of ether oxygens (including phenoxy) is 1. The van der Waals surface area contributed by atoms with Crippen molar-refractivity contribution >= 4 is 0 Å². The molecule has 1 nitrogen and oxygen atoms in total. The first-order chi connectivity index (χ1) is 4.72. The summed E-state index contributed by atoms with van der Waals surface area (Å²) in [4.78, 5) is 0. The molecule has 1 saturated heterocycles. The molecule has 2 rings (SSSR count). The largest absolute Gasteiger partial charge is 0.380 e. The van der Waals surface area contributed by atoms with Gasteiger partial charge in [-0.25, -0.2) is 0 Å². The molecular weight excluding hydrogens is 124 g/mol. The molecule has 1 heterocycles. The van der Waals surface area contributed by atoms with Crippen LogP contribution in [-0.4, -0.2) is 13.2 Å². The van der Waals surface area contributed by atoms with E-state index < -0.39 is 0 Å². The van der Waals surface area contributed by atoms with Crippen LogP contribution in [0.3, 0.4) is 0 Å². The summed E-state index contributed by atoms with van der Waals surface area (Å²) in [6.45, 7) is 6.71. The molecule has 0 aromatic rings. The van der Waals surface area contributed by atoms with E-state index in [1.807, 2.05) is 0 Å². The lowest BCUT2D eigenvalue weighted by molar-refractivity contribution is 0.157. The minimum Gasteiger partial charge on any atom is -0.380 e. The Kier molecular flexibility index (Phi) is 1.17. The van der Waals surface area contributed by atoms with E-state index in [0.717, 1.165) is 13.2 Å². The summed E-state index contributed by atoms with van der Waals surface area (Å²) in [5.41, 5.74) is 1.15. The molecule has 10 heavy (non-hydrogen) atoms. The fourth-order valence-electron chi connectivity index (χ4n) is 2.17. The van der Waals surface area contributed by atoms with Gasteiger partial charge in [-0.15, -0.1) is 0 Å². The van der Waals surface area contributed by atoms with Gasteiger partial charge in [0.25, 0.3) is 0 Å². The molecule has 0 aromatic carbocycles. The molecule has 0 amide bonds. The maximum atomic E-state index is 5.53. The highest BCUT2D eigenvalue weighted by atomic mass is 16.5. The van der Waals surface area contributed by atoms with E-state index in [2.05, 4.69) is 13.8 Å². The maximum Gasteiger partial charge on any atom is 0.0528 e. The summed E-state index contributed by atoms with van der Waals surface area (Å²) < 4.78 is 5.53. The Morgan fingerprint density at radius 1 is 1.30 bits per heavy atom. The van der Waals surface area contributed by atoms with Crippen LogP contribution in [0.25, 0.3) is 0 Å². The van der Waals surface area contributed by atoms with E-state index in [9.17, 15) is 0 Å². The fourth-order valence-corrected chi connectivity index (χ4v) is 2.17. The highest BCUT2D eigenvalue weighted by Crippen LogP contribution is 2.63. The summed E-state index contributed by atoms with van der Waals surface area (Å²) in [5.74, 6) is 0. The first-order valence-corrected chi connectivity index (χ1v) is 4.30. The summed E-state index contributed by atoms with van der Waals surface area (Å²) >= 11 is 0. The monoisotopic (exact) mass is 140 g/mol. The van der Waals surface area contributed by atoms with Crippen molar-refractivity contribution in [3.8, 4) is 0 Å². The van der Waals surface area contributed by atoms with Crippen LogP contribution in [0.2, 0.25) is 0 Å². The van der Waals surface area contributed by atoms with Crippen LogP contribution in [0, 0.1) is 10.8 Å². The van der Waals surface area contributed by atoms with Gasteiger partial charge < -0.3 is 4.74 Å². The van der Waals surface area contributed by atoms with E-state index in [1.165, 1.54) is 19.3 Å². The smallest absolute Gasteiger partial charge is 0.0528 e. The molecule has 2 fully saturated rings. The molecule has 0 radical (unpaired) electrons. The average molecular weight is 140 g/mol. The summed E-state index contributed by atoms with van der Waals surface area (Å²) in [6.07, 6.45) is 4.11. The lowest BCUT2D eigenvalue weighted by Crippen LogP contribution is -2.26. The van der Waals surface area contributed by atoms with Crippen molar-refractivity contribution in [1.29, 1.82) is 0 Å². The van der Waals surface area contributed by atoms with Crippen molar-refractivity contribution in [2.75, 3.05) is 13.2 Å². The van der Waals surface area contributed by atoms with Crippen LogP contribution in [-0.2, 0) is 4.74 Å². The highest BCUT2D eigenvalue weighted by Gasteiger charge is 2.59. The standard InChI is InChI=1S/C9H16O/c1-3-8(2)6-10-7-9(8)4-5-9/h3-7H2,1-2H3. The van der Waals surface area contributed by atoms with Gasteiger partial charge in [0.1, 0.15) is 0 Å². The van der Waals surface area contributed by atoms with E-state index in [0.29, 0.717) is 10.8 Å². The lowest BCUT2D eigenvalue weighted by atomic mass is 9.75. The topological polar surface area (TPSA) is 9.23 Å². The number of hydrogen-bond acceptors (Lipinski definition) is 1. The molecule has 1 saturated carbocycles. The van der Waals surface area contributed by atoms with Crippen LogP contribution in [0.4, 0.5) is 0 Å². The molecule has 2 aliphatic rings. The van der Waals surface area contributed by atoms with Gasteiger partial charge in [-0.05, 0) is 24.7 Å². The zero-order valence-corrected chi connectivity index (χ0v) is 6.94. The molecule has 1 heteroatoms. The third kappa shape index (κ3) is 0.619. The van der Waals surface area contributed by atoms with Gasteiger partial charge in [0.05, 0.1) is 13.2 Å². The molecule has 0 N–H and O–H groups in total. The molecule has 1 aliphatic heterocycles. The van der Waals surface area contributed by atoms with Crippen LogP contribution < -0.4 is 0 Å². The molecule has 0 bridgehead atoms. The maximum absolute atomic E-state index is 5.53. The summed E-state index contributed by atoms with van der Waals surface area (Å²) in [7, 11) is 0. The van der Waals surface area contributed by atoms with Crippen LogP contribution in [0.1, 0.15) is 33.1 Å². The van der Waals surface area contributed by atoms with E-state index in [4.69, 9.17) is 4.74 Å². The highest BCUT2D eigenvalue weighted by molar-refractivity contribution is 5.07. The van der Waals surface area contributed by atoms with Crippen LogP contribution in [0.15, 0.2) is 0 Å². The molecule has 1 spiro atoms. The second-order valence-corrected chi connectivity index (χ2v) is 4.19. The van der Waals surface area contributed by atoms with E-state index in [1.54, 1.807) is 0 Å². The van der Waals surface area contributed by atoms with Crippen molar-refractivity contribution in [3.63, 3.8) is 0 Å². The van der Waals surface area contributed by atoms with Gasteiger partial charge in [0, 0.05) is 5.41 Å². The zero-order valence-electron chi connectivity index (χ0n) is 6.94. The second kappa shape index (κ2) is 1.76. The second-order valence-electron chi connectivity index (χ2n) is 4.19. The Morgan fingerprint density at radius 3 is 2.40 bits per heavy atom. The van der Waals surface area contributed by atoms with Gasteiger partial charge in [0.2, 0.25) is 0 Å². The van der Waals surface area contributed by atoms with Crippen molar-refractivity contribution < 1.29 is 4.74 Å². The zero-order chi connectivity index (χ0) is 7.24. The third-order valence-corrected chi connectivity index (χ3v) is 3.71. The summed E-state index contributed by atoms with van der Waals surface area (Å²) in [6, 6.07) is 0. The molecule has 1 aliphatic carbocycles. The molecule has 1 unspecified atom stereocenters. The SMILES string of the molecule is CCC1(C)COCC12CC2. The summed E-state index contributed by atoms with van der Waals surface area (Å²) in [5, 5.41) is 0. The van der Waals surface area contributed by atoms with Gasteiger partial charge in [-0.3, -0.25) is 0 Å². The Bertz CT molecular complexity index is 149. The molecular formula is C9H16O. The Morgan fingerprint density at radius 2 is 2.00 bits per heavy atom. The minimum absolute atomic E-state index is 0.521. The van der Waals surface area contributed by atoms with Crippen molar-refractivity contribution in [2.45, 2.75) is 33.1 Å². The average Bonchev–Trinajstić information content (AvgIpc) is 2.61. The predicted molar refractivity (Wildman–Crippen MR) is 40.9 cm³/mol. The molecule has 1 atom stereocenters. The van der Waals surface area contributed by atoms with Crippen molar-refractivity contribution in [2.24, 2.45) is 10.8 Å². The van der Waals surface area contributed by atoms with E-state index >= 15 is 0 Å². The first kappa shape index (κ1) is 6.66. The molecule has 58 valence electrons. The Labute approximate surface area is 62.8 Å². The Hall–Kier alpha value is -0.0400. The lowest BCUT2D eigenvalue weighted by Gasteiger charge is -2.27. The number of rotatable bonds is 1. The number of hydrogen-bond donors (Lipinski definition) is 0. The van der Waals surface area contributed by atoms with Crippen molar-refractivity contribution in [3.05, 3.63) is 0 Å². The fraction of sp³-hybridized carbons (Fsp3) is 1.00. The van der Waals surface area contributed by atoms with Crippen molar-refractivity contribution in [1.82, 2.24) is 0 Å². The predicted octanol–water partition coefficient (Wildman–Crippen LogP) is 2.21. The van der Waals surface area contributed by atoms with Crippen LogP contribution >= 0.6 is 0 Å². The van der Waals surface area contributed by atoms with E-state index in [-0.39, 0.29) is 0 Å². The van der Waals surface area contributed by atoms with Gasteiger partial charge in [0.15, 0.2) is 0 Å². The Balaban J connectivity index is 2.20. The minimum atomic E-state index is 0.521. The normalized spacial score (nSPS) is 42.6. The molecule has 0 aromatic heterocycles. The van der Waals surface area contributed by atoms with Crippen LogP contribution in [0.5, 0.6) is 0 Å².